The second-order valence-electron chi connectivity index (χ2n) is 5.09. The van der Waals surface area contributed by atoms with Crippen LogP contribution in [0, 0.1) is 6.92 Å². The monoisotopic (exact) mass is 251 g/mol. The first-order valence-corrected chi connectivity index (χ1v) is 6.63. The Balaban J connectivity index is 2.91. The van der Waals surface area contributed by atoms with E-state index in [1.54, 1.807) is 0 Å². The number of aliphatic hydroxyl groups excluding tert-OH is 1. The normalized spacial score (nSPS) is 14.6. The highest BCUT2D eigenvalue weighted by atomic mass is 16.5. The lowest BCUT2D eigenvalue weighted by Gasteiger charge is -2.24. The van der Waals surface area contributed by atoms with Crippen LogP contribution >= 0.6 is 0 Å². The van der Waals surface area contributed by atoms with Gasteiger partial charge in [-0.2, -0.15) is 0 Å². The molecular formula is C15H25NO2. The Kier molecular flexibility index (Phi) is 5.63. The van der Waals surface area contributed by atoms with Gasteiger partial charge in [-0.05, 0) is 36.5 Å². The third-order valence-corrected chi connectivity index (χ3v) is 3.29. The van der Waals surface area contributed by atoms with E-state index in [4.69, 9.17) is 10.5 Å². The van der Waals surface area contributed by atoms with E-state index in [9.17, 15) is 5.11 Å². The molecule has 0 radical (unpaired) electrons. The van der Waals surface area contributed by atoms with Gasteiger partial charge in [-0.25, -0.2) is 0 Å². The fourth-order valence-electron chi connectivity index (χ4n) is 1.79. The lowest BCUT2D eigenvalue weighted by atomic mass is 10.0. The average molecular weight is 251 g/mol. The van der Waals surface area contributed by atoms with Crippen LogP contribution in [0.5, 0.6) is 5.75 Å². The van der Waals surface area contributed by atoms with E-state index in [-0.39, 0.29) is 18.8 Å². The van der Waals surface area contributed by atoms with E-state index in [0.717, 1.165) is 17.7 Å². The minimum atomic E-state index is -0.337. The Morgan fingerprint density at radius 1 is 1.33 bits per heavy atom. The van der Waals surface area contributed by atoms with E-state index in [2.05, 4.69) is 26.0 Å². The highest BCUT2D eigenvalue weighted by Gasteiger charge is 2.18. The minimum Gasteiger partial charge on any atom is -0.486 e. The summed E-state index contributed by atoms with van der Waals surface area (Å²) in [5.41, 5.74) is 8.24. The predicted molar refractivity (Wildman–Crippen MR) is 75.0 cm³/mol. The summed E-state index contributed by atoms with van der Waals surface area (Å²) in [4.78, 5) is 0. The van der Waals surface area contributed by atoms with E-state index in [1.807, 2.05) is 19.9 Å². The summed E-state index contributed by atoms with van der Waals surface area (Å²) in [6, 6.07) is 6.07. The Hall–Kier alpha value is -1.06. The first kappa shape index (κ1) is 15.0. The maximum atomic E-state index is 9.35. The van der Waals surface area contributed by atoms with Crippen molar-refractivity contribution >= 4 is 0 Å². The van der Waals surface area contributed by atoms with Crippen LogP contribution in [0.15, 0.2) is 18.2 Å². The molecule has 1 aromatic carbocycles. The molecule has 0 saturated carbocycles. The van der Waals surface area contributed by atoms with Gasteiger partial charge in [-0.1, -0.05) is 32.9 Å². The molecule has 0 spiro atoms. The molecule has 0 heterocycles. The molecule has 18 heavy (non-hydrogen) atoms. The maximum absolute atomic E-state index is 9.35. The van der Waals surface area contributed by atoms with Crippen LogP contribution in [0.25, 0.3) is 0 Å². The Morgan fingerprint density at radius 2 is 2.00 bits per heavy atom. The third kappa shape index (κ3) is 3.72. The number of hydrogen-bond acceptors (Lipinski definition) is 3. The van der Waals surface area contributed by atoms with Crippen molar-refractivity contribution in [3.8, 4) is 5.75 Å². The predicted octanol–water partition coefficient (Wildman–Crippen LogP) is 2.60. The standard InChI is InChI=1S/C15H25NO2/c1-5-13(16)15(9-17)18-14-8-12(10(2)3)7-6-11(14)4/h6-8,10,13,15,17H,5,9,16H2,1-4H3. The molecule has 3 heteroatoms. The van der Waals surface area contributed by atoms with Gasteiger partial charge in [0, 0.05) is 6.04 Å². The molecule has 102 valence electrons. The van der Waals surface area contributed by atoms with Crippen LogP contribution < -0.4 is 10.5 Å². The second kappa shape index (κ2) is 6.76. The Bertz CT molecular complexity index is 377. The number of benzene rings is 1. The molecule has 0 aliphatic carbocycles. The molecule has 0 fully saturated rings. The molecule has 3 nitrogen and oxygen atoms in total. The van der Waals surface area contributed by atoms with Gasteiger partial charge in [0.15, 0.2) is 0 Å². The molecule has 2 atom stereocenters. The summed E-state index contributed by atoms with van der Waals surface area (Å²) in [5.74, 6) is 1.28. The Morgan fingerprint density at radius 3 is 2.50 bits per heavy atom. The summed E-state index contributed by atoms with van der Waals surface area (Å²) in [6.07, 6.45) is 0.449. The topological polar surface area (TPSA) is 55.5 Å². The molecule has 0 aliphatic rings. The molecular weight excluding hydrogens is 226 g/mol. The smallest absolute Gasteiger partial charge is 0.137 e. The lowest BCUT2D eigenvalue weighted by molar-refractivity contribution is 0.0926. The SMILES string of the molecule is CCC(N)C(CO)Oc1cc(C(C)C)ccc1C. The first-order valence-electron chi connectivity index (χ1n) is 6.63. The van der Waals surface area contributed by atoms with Crippen molar-refractivity contribution < 1.29 is 9.84 Å². The maximum Gasteiger partial charge on any atom is 0.137 e. The zero-order valence-electron chi connectivity index (χ0n) is 11.8. The van der Waals surface area contributed by atoms with Crippen molar-refractivity contribution in [1.82, 2.24) is 0 Å². The highest BCUT2D eigenvalue weighted by Crippen LogP contribution is 2.25. The molecule has 0 aliphatic heterocycles. The zero-order chi connectivity index (χ0) is 13.7. The van der Waals surface area contributed by atoms with E-state index in [1.165, 1.54) is 5.56 Å². The van der Waals surface area contributed by atoms with Crippen molar-refractivity contribution in [2.75, 3.05) is 6.61 Å². The van der Waals surface area contributed by atoms with Crippen LogP contribution in [0.2, 0.25) is 0 Å². The summed E-state index contributed by atoms with van der Waals surface area (Å²) in [6.45, 7) is 8.24. The molecule has 1 aromatic rings. The van der Waals surface area contributed by atoms with Gasteiger partial charge in [0.05, 0.1) is 6.61 Å². The molecule has 0 aromatic heterocycles. The minimum absolute atomic E-state index is 0.0552. The van der Waals surface area contributed by atoms with Crippen molar-refractivity contribution in [1.29, 1.82) is 0 Å². The lowest BCUT2D eigenvalue weighted by Crippen LogP contribution is -2.41. The second-order valence-corrected chi connectivity index (χ2v) is 5.09. The Labute approximate surface area is 110 Å². The average Bonchev–Trinajstić information content (AvgIpc) is 2.36. The van der Waals surface area contributed by atoms with Crippen molar-refractivity contribution in [3.05, 3.63) is 29.3 Å². The first-order chi connectivity index (χ1) is 8.49. The van der Waals surface area contributed by atoms with Crippen molar-refractivity contribution in [2.24, 2.45) is 5.73 Å². The quantitative estimate of drug-likeness (QED) is 0.817. The number of aryl methyl sites for hydroxylation is 1. The molecule has 2 unspecified atom stereocenters. The molecule has 3 N–H and O–H groups in total. The third-order valence-electron chi connectivity index (χ3n) is 3.29. The summed E-state index contributed by atoms with van der Waals surface area (Å²) in [5, 5.41) is 9.35. The van der Waals surface area contributed by atoms with E-state index in [0.29, 0.717) is 5.92 Å². The molecule has 1 rings (SSSR count). The van der Waals surface area contributed by atoms with Crippen LogP contribution in [-0.4, -0.2) is 23.9 Å². The summed E-state index contributed by atoms with van der Waals surface area (Å²) >= 11 is 0. The largest absolute Gasteiger partial charge is 0.486 e. The number of rotatable bonds is 6. The van der Waals surface area contributed by atoms with Crippen LogP contribution in [0.4, 0.5) is 0 Å². The number of aliphatic hydroxyl groups is 1. The molecule has 0 bridgehead atoms. The van der Waals surface area contributed by atoms with Crippen LogP contribution in [0.1, 0.15) is 44.2 Å². The zero-order valence-corrected chi connectivity index (χ0v) is 11.8. The van der Waals surface area contributed by atoms with Gasteiger partial charge in [0.2, 0.25) is 0 Å². The van der Waals surface area contributed by atoms with Gasteiger partial charge < -0.3 is 15.6 Å². The molecule has 0 saturated heterocycles. The van der Waals surface area contributed by atoms with Gasteiger partial charge in [-0.15, -0.1) is 0 Å². The number of ether oxygens (including phenoxy) is 1. The van der Waals surface area contributed by atoms with Crippen molar-refractivity contribution in [2.45, 2.75) is 52.2 Å². The fraction of sp³-hybridized carbons (Fsp3) is 0.600. The van der Waals surface area contributed by atoms with Gasteiger partial charge >= 0.3 is 0 Å². The fourth-order valence-corrected chi connectivity index (χ4v) is 1.79. The van der Waals surface area contributed by atoms with Crippen LogP contribution in [0.3, 0.4) is 0 Å². The number of nitrogens with two attached hydrogens (primary N) is 1. The van der Waals surface area contributed by atoms with Gasteiger partial charge in [-0.3, -0.25) is 0 Å². The van der Waals surface area contributed by atoms with Crippen LogP contribution in [-0.2, 0) is 0 Å². The van der Waals surface area contributed by atoms with Gasteiger partial charge in [0.1, 0.15) is 11.9 Å². The van der Waals surface area contributed by atoms with Gasteiger partial charge in [0.25, 0.3) is 0 Å². The van der Waals surface area contributed by atoms with E-state index < -0.39 is 0 Å². The summed E-state index contributed by atoms with van der Waals surface area (Å²) in [7, 11) is 0. The van der Waals surface area contributed by atoms with Crippen molar-refractivity contribution in [3.63, 3.8) is 0 Å². The highest BCUT2D eigenvalue weighted by molar-refractivity contribution is 5.38. The molecule has 0 amide bonds. The summed E-state index contributed by atoms with van der Waals surface area (Å²) < 4.78 is 5.86. The van der Waals surface area contributed by atoms with E-state index >= 15 is 0 Å². The number of hydrogen-bond donors (Lipinski definition) is 2.